The SMILES string of the molecule is C#CCNC1=CC(=O)O[C@@H]([C@@H](C)[C@H]2CC[C@H]3[C@@H]4CC=C5C[C@@H](O)CC[C@]5(C)[C@H]4CC[C@]23C)C1. The van der Waals surface area contributed by atoms with Crippen LogP contribution in [0, 0.1) is 52.8 Å². The Morgan fingerprint density at radius 1 is 1.21 bits per heavy atom. The van der Waals surface area contributed by atoms with E-state index in [9.17, 15) is 9.90 Å². The summed E-state index contributed by atoms with van der Waals surface area (Å²) in [6, 6.07) is 0. The standard InChI is InChI=1S/C29H41NO3/c1-5-14-30-20-16-26(33-27(32)17-20)18(2)23-8-9-24-22-7-6-19-15-21(31)10-12-28(19,3)25(22)11-13-29(23,24)4/h1,6,17-18,21-26,30-31H,7-16H2,2-4H3/t18-,21-,22-,23+,24-,25-,26+,28-,29+/m0/s1. The number of aliphatic hydroxyl groups is 1. The predicted octanol–water partition coefficient (Wildman–Crippen LogP) is 4.98. The van der Waals surface area contributed by atoms with Gasteiger partial charge in [0.2, 0.25) is 0 Å². The molecule has 3 saturated carbocycles. The minimum Gasteiger partial charge on any atom is -0.458 e. The van der Waals surface area contributed by atoms with E-state index in [2.05, 4.69) is 38.1 Å². The smallest absolute Gasteiger partial charge is 0.332 e. The summed E-state index contributed by atoms with van der Waals surface area (Å²) in [7, 11) is 0. The van der Waals surface area contributed by atoms with Gasteiger partial charge in [0.15, 0.2) is 0 Å². The zero-order chi connectivity index (χ0) is 23.4. The van der Waals surface area contributed by atoms with E-state index in [4.69, 9.17) is 11.2 Å². The highest BCUT2D eigenvalue weighted by Crippen LogP contribution is 2.67. The molecular formula is C29H41NO3. The fraction of sp³-hybridized carbons (Fsp3) is 0.759. The van der Waals surface area contributed by atoms with E-state index in [1.807, 2.05) is 0 Å². The molecule has 4 nitrogen and oxygen atoms in total. The van der Waals surface area contributed by atoms with Gasteiger partial charge < -0.3 is 15.2 Å². The van der Waals surface area contributed by atoms with E-state index >= 15 is 0 Å². The third-order valence-corrected chi connectivity index (χ3v) is 10.8. The van der Waals surface area contributed by atoms with Crippen LogP contribution in [0.1, 0.15) is 78.6 Å². The normalized spacial score (nSPS) is 45.4. The predicted molar refractivity (Wildman–Crippen MR) is 130 cm³/mol. The second-order valence-corrected chi connectivity index (χ2v) is 12.2. The number of cyclic esters (lactones) is 1. The summed E-state index contributed by atoms with van der Waals surface area (Å²) in [4.78, 5) is 12.3. The maximum absolute atomic E-state index is 12.3. The van der Waals surface area contributed by atoms with Gasteiger partial charge in [-0.05, 0) is 91.8 Å². The molecule has 4 heteroatoms. The van der Waals surface area contributed by atoms with Gasteiger partial charge in [-0.25, -0.2) is 4.79 Å². The van der Waals surface area contributed by atoms with E-state index in [0.717, 1.165) is 49.1 Å². The first-order valence-corrected chi connectivity index (χ1v) is 13.2. The van der Waals surface area contributed by atoms with Crippen LogP contribution in [0.5, 0.6) is 0 Å². The van der Waals surface area contributed by atoms with E-state index in [-0.39, 0.29) is 23.6 Å². The van der Waals surface area contributed by atoms with Crippen molar-refractivity contribution in [2.24, 2.45) is 40.4 Å². The summed E-state index contributed by atoms with van der Waals surface area (Å²) >= 11 is 0. The highest BCUT2D eigenvalue weighted by atomic mass is 16.5. The number of esters is 1. The van der Waals surface area contributed by atoms with Crippen molar-refractivity contribution in [1.82, 2.24) is 5.32 Å². The van der Waals surface area contributed by atoms with Crippen molar-refractivity contribution in [1.29, 1.82) is 0 Å². The number of allylic oxidation sites excluding steroid dienone is 1. The Kier molecular flexibility index (Phi) is 5.93. The number of ether oxygens (including phenoxy) is 1. The lowest BCUT2D eigenvalue weighted by molar-refractivity contribution is -0.150. The van der Waals surface area contributed by atoms with Crippen LogP contribution in [0.15, 0.2) is 23.4 Å². The molecule has 0 radical (unpaired) electrons. The lowest BCUT2D eigenvalue weighted by atomic mass is 9.47. The van der Waals surface area contributed by atoms with Gasteiger partial charge in [-0.2, -0.15) is 0 Å². The number of carbonyl (C=O) groups is 1. The van der Waals surface area contributed by atoms with E-state index < -0.39 is 0 Å². The lowest BCUT2D eigenvalue weighted by Gasteiger charge is -2.58. The Morgan fingerprint density at radius 2 is 2.03 bits per heavy atom. The van der Waals surface area contributed by atoms with Gasteiger partial charge in [0.1, 0.15) is 6.10 Å². The molecule has 5 rings (SSSR count). The third-order valence-electron chi connectivity index (χ3n) is 10.8. The van der Waals surface area contributed by atoms with Crippen LogP contribution in [0.25, 0.3) is 0 Å². The van der Waals surface area contributed by atoms with Gasteiger partial charge in [-0.3, -0.25) is 0 Å². The first-order chi connectivity index (χ1) is 15.8. The third kappa shape index (κ3) is 3.75. The van der Waals surface area contributed by atoms with Gasteiger partial charge in [-0.15, -0.1) is 6.42 Å². The number of terminal acetylenes is 1. The highest BCUT2D eigenvalue weighted by molar-refractivity contribution is 5.83. The minimum atomic E-state index is -0.238. The molecule has 5 aliphatic rings. The van der Waals surface area contributed by atoms with Gasteiger partial charge >= 0.3 is 5.97 Å². The van der Waals surface area contributed by atoms with Crippen LogP contribution in [-0.2, 0) is 9.53 Å². The van der Waals surface area contributed by atoms with Crippen LogP contribution in [0.4, 0.5) is 0 Å². The fourth-order valence-electron chi connectivity index (χ4n) is 9.03. The van der Waals surface area contributed by atoms with Crippen LogP contribution in [-0.4, -0.2) is 29.8 Å². The molecule has 0 amide bonds. The van der Waals surface area contributed by atoms with Gasteiger partial charge in [0.05, 0.1) is 12.6 Å². The topological polar surface area (TPSA) is 58.6 Å². The quantitative estimate of drug-likeness (QED) is 0.359. The molecule has 33 heavy (non-hydrogen) atoms. The summed E-state index contributed by atoms with van der Waals surface area (Å²) in [5.41, 5.74) is 3.06. The molecule has 4 aliphatic carbocycles. The number of fused-ring (bicyclic) bond motifs is 5. The Hall–Kier alpha value is -1.73. The number of nitrogens with one attached hydrogen (secondary N) is 1. The molecule has 1 heterocycles. The summed E-state index contributed by atoms with van der Waals surface area (Å²) in [5.74, 6) is 5.55. The Labute approximate surface area is 199 Å². The van der Waals surface area contributed by atoms with E-state index in [1.165, 1.54) is 32.1 Å². The average Bonchev–Trinajstić information content (AvgIpc) is 3.14. The monoisotopic (exact) mass is 451 g/mol. The van der Waals surface area contributed by atoms with Crippen LogP contribution < -0.4 is 5.32 Å². The first kappa shape index (κ1) is 23.0. The number of hydrogen-bond acceptors (Lipinski definition) is 4. The molecule has 0 aromatic rings. The maximum Gasteiger partial charge on any atom is 0.332 e. The van der Waals surface area contributed by atoms with E-state index in [1.54, 1.807) is 11.6 Å². The van der Waals surface area contributed by atoms with Crippen molar-refractivity contribution in [2.75, 3.05) is 6.54 Å². The average molecular weight is 452 g/mol. The van der Waals surface area contributed by atoms with Crippen molar-refractivity contribution in [3.63, 3.8) is 0 Å². The first-order valence-electron chi connectivity index (χ1n) is 13.2. The summed E-state index contributed by atoms with van der Waals surface area (Å²) < 4.78 is 5.86. The van der Waals surface area contributed by atoms with Gasteiger partial charge in [0, 0.05) is 18.2 Å². The molecule has 0 saturated heterocycles. The van der Waals surface area contributed by atoms with Crippen LogP contribution in [0.3, 0.4) is 0 Å². The molecule has 0 aromatic heterocycles. The summed E-state index contributed by atoms with van der Waals surface area (Å²) in [6.45, 7) is 7.80. The molecule has 0 bridgehead atoms. The fourth-order valence-corrected chi connectivity index (χ4v) is 9.03. The lowest BCUT2D eigenvalue weighted by Crippen LogP contribution is -2.51. The molecule has 3 fully saturated rings. The van der Waals surface area contributed by atoms with Crippen molar-refractivity contribution in [3.05, 3.63) is 23.4 Å². The molecule has 1 aliphatic heterocycles. The van der Waals surface area contributed by atoms with Crippen molar-refractivity contribution < 1.29 is 14.6 Å². The Balaban J connectivity index is 1.34. The van der Waals surface area contributed by atoms with Crippen molar-refractivity contribution in [3.8, 4) is 12.3 Å². The Morgan fingerprint density at radius 3 is 2.82 bits per heavy atom. The maximum atomic E-state index is 12.3. The molecule has 0 aromatic carbocycles. The van der Waals surface area contributed by atoms with Crippen LogP contribution >= 0.6 is 0 Å². The molecule has 0 unspecified atom stereocenters. The molecule has 180 valence electrons. The largest absolute Gasteiger partial charge is 0.458 e. The van der Waals surface area contributed by atoms with Gasteiger partial charge in [-0.1, -0.05) is 38.3 Å². The minimum absolute atomic E-state index is 0.0729. The zero-order valence-electron chi connectivity index (χ0n) is 20.6. The number of carbonyl (C=O) groups excluding carboxylic acids is 1. The number of aliphatic hydroxyl groups excluding tert-OH is 1. The molecule has 9 atom stereocenters. The zero-order valence-corrected chi connectivity index (χ0v) is 20.6. The van der Waals surface area contributed by atoms with Gasteiger partial charge in [0.25, 0.3) is 0 Å². The Bertz CT molecular complexity index is 899. The molecule has 0 spiro atoms. The summed E-state index contributed by atoms with van der Waals surface area (Å²) in [6.07, 6.45) is 19.3. The molecular weight excluding hydrogens is 410 g/mol. The summed E-state index contributed by atoms with van der Waals surface area (Å²) in [5, 5.41) is 13.5. The van der Waals surface area contributed by atoms with E-state index in [0.29, 0.717) is 23.8 Å². The van der Waals surface area contributed by atoms with Crippen molar-refractivity contribution in [2.45, 2.75) is 90.8 Å². The number of hydrogen-bond donors (Lipinski definition) is 2. The highest BCUT2D eigenvalue weighted by Gasteiger charge is 2.59. The van der Waals surface area contributed by atoms with Crippen LogP contribution in [0.2, 0.25) is 0 Å². The van der Waals surface area contributed by atoms with Crippen molar-refractivity contribution >= 4 is 5.97 Å². The number of rotatable bonds is 4. The second-order valence-electron chi connectivity index (χ2n) is 12.2. The second kappa shape index (κ2) is 8.49. The molecule has 2 N–H and O–H groups in total.